The molecule has 0 saturated heterocycles. The molecule has 338 valence electrons. The number of carboxylic acids is 1. The zero-order chi connectivity index (χ0) is 45.8. The highest BCUT2D eigenvalue weighted by Gasteiger charge is 2.76. The van der Waals surface area contributed by atoms with Crippen LogP contribution in [0.3, 0.4) is 0 Å². The van der Waals surface area contributed by atoms with E-state index in [1.807, 2.05) is 20.8 Å². The molecular weight excluding hydrogens is 834 g/mol. The Morgan fingerprint density at radius 2 is 1.61 bits per heavy atom. The topological polar surface area (TPSA) is 281 Å². The third kappa shape index (κ3) is 9.11. The summed E-state index contributed by atoms with van der Waals surface area (Å²) < 4.78 is 11.8. The lowest BCUT2D eigenvalue weighted by Gasteiger charge is -2.64. The van der Waals surface area contributed by atoms with E-state index in [0.29, 0.717) is 19.3 Å². The lowest BCUT2D eigenvalue weighted by molar-refractivity contribution is -0.203. The lowest BCUT2D eigenvalue weighted by Crippen LogP contribution is -2.69. The quantitative estimate of drug-likeness (QED) is 0.0331. The van der Waals surface area contributed by atoms with Crippen LogP contribution < -0.4 is 21.3 Å². The first-order valence-corrected chi connectivity index (χ1v) is 21.0. The number of esters is 1. The van der Waals surface area contributed by atoms with E-state index >= 15 is 0 Å². The van der Waals surface area contributed by atoms with Gasteiger partial charge in [-0.2, -0.15) is 0 Å². The van der Waals surface area contributed by atoms with Gasteiger partial charge < -0.3 is 41.0 Å². The van der Waals surface area contributed by atoms with Gasteiger partial charge in [0.2, 0.25) is 29.4 Å². The zero-order valence-corrected chi connectivity index (χ0v) is 35.8. The number of carboxylic acid groups (broad SMARTS) is 1. The summed E-state index contributed by atoms with van der Waals surface area (Å²) in [6.45, 7) is 4.61. The summed E-state index contributed by atoms with van der Waals surface area (Å²) in [5.41, 5.74) is -2.79. The molecule has 0 radical (unpaired) electrons. The SMILES string of the molecule is CCC(=O)O[C@]1(C(=O)COCNC(=O)CNC(=O)[C@H](CCC(=O)O)NC(=O)CNC(=O)CCN2C(=O)C=CC2=O)[C@@H](C)CC2[C@@H]3CCC4=CC(=O)C=C[C@]4(C)[C@@]3(Cl)[C@@H](O)C[C@@]21C. The van der Waals surface area contributed by atoms with E-state index < -0.39 is 125 Å². The minimum atomic E-state index is -1.72. The van der Waals surface area contributed by atoms with E-state index in [0.717, 1.165) is 22.6 Å². The molecule has 0 aromatic carbocycles. The van der Waals surface area contributed by atoms with E-state index in [4.69, 9.17) is 26.2 Å². The van der Waals surface area contributed by atoms with E-state index in [-0.39, 0.29) is 49.8 Å². The first-order valence-electron chi connectivity index (χ1n) is 20.6. The second kappa shape index (κ2) is 19.0. The van der Waals surface area contributed by atoms with E-state index in [1.165, 1.54) is 6.08 Å². The highest BCUT2D eigenvalue weighted by Crippen LogP contribution is 2.72. The van der Waals surface area contributed by atoms with Crippen LogP contribution in [-0.4, -0.2) is 130 Å². The molecule has 19 nitrogen and oxygen atoms in total. The molecule has 1 heterocycles. The number of carbonyl (C=O) groups is 10. The maximum Gasteiger partial charge on any atom is 0.306 e. The Kier molecular flexibility index (Phi) is 14.6. The number of ether oxygens (including phenoxy) is 2. The molecular formula is C42H54ClN5O14. The molecule has 5 aliphatic rings. The number of aliphatic hydroxyl groups is 1. The van der Waals surface area contributed by atoms with Gasteiger partial charge >= 0.3 is 11.9 Å². The second-order valence-corrected chi connectivity index (χ2v) is 17.6. The van der Waals surface area contributed by atoms with Crippen LogP contribution in [0, 0.1) is 28.6 Å². The number of aliphatic hydroxyl groups excluding tert-OH is 1. The number of nitrogens with one attached hydrogen (secondary N) is 4. The number of imide groups is 1. The fraction of sp³-hybridized carbons (Fsp3) is 0.619. The average Bonchev–Trinajstić information content (AvgIpc) is 3.65. The monoisotopic (exact) mass is 887 g/mol. The number of hydrogen-bond donors (Lipinski definition) is 6. The number of hydrogen-bond acceptors (Lipinski definition) is 13. The summed E-state index contributed by atoms with van der Waals surface area (Å²) in [5, 5.41) is 30.5. The van der Waals surface area contributed by atoms with E-state index in [2.05, 4.69) is 21.3 Å². The Morgan fingerprint density at radius 1 is 0.935 bits per heavy atom. The van der Waals surface area contributed by atoms with Crippen LogP contribution in [0.4, 0.5) is 0 Å². The molecule has 6 N–H and O–H groups in total. The van der Waals surface area contributed by atoms with Crippen LogP contribution in [-0.2, 0) is 57.4 Å². The van der Waals surface area contributed by atoms with E-state index in [1.54, 1.807) is 19.1 Å². The van der Waals surface area contributed by atoms with Crippen molar-refractivity contribution in [1.82, 2.24) is 26.2 Å². The van der Waals surface area contributed by atoms with Crippen molar-refractivity contribution in [2.75, 3.05) is 33.0 Å². The number of Topliss-reactive ketones (excluding diaryl/α,β-unsaturated/α-hetero) is 1. The Morgan fingerprint density at radius 3 is 2.27 bits per heavy atom. The van der Waals surface area contributed by atoms with Crippen molar-refractivity contribution in [3.05, 3.63) is 36.0 Å². The number of alkyl halides is 1. The molecule has 0 aromatic heterocycles. The fourth-order valence-electron chi connectivity index (χ4n) is 10.3. The molecule has 0 spiro atoms. The van der Waals surface area contributed by atoms with Gasteiger partial charge in [-0.3, -0.25) is 52.8 Å². The number of ketones is 2. The molecule has 5 rings (SSSR count). The van der Waals surface area contributed by atoms with Crippen molar-refractivity contribution in [1.29, 1.82) is 0 Å². The maximum atomic E-state index is 14.4. The van der Waals surface area contributed by atoms with Gasteiger partial charge in [0.25, 0.3) is 11.8 Å². The van der Waals surface area contributed by atoms with Crippen LogP contribution in [0.15, 0.2) is 36.0 Å². The van der Waals surface area contributed by atoms with Crippen molar-refractivity contribution in [2.45, 2.75) is 102 Å². The molecule has 62 heavy (non-hydrogen) atoms. The average molecular weight is 888 g/mol. The molecule has 3 fully saturated rings. The number of amides is 6. The van der Waals surface area contributed by atoms with Crippen LogP contribution >= 0.6 is 11.6 Å². The predicted octanol–water partition coefficient (Wildman–Crippen LogP) is 0.121. The van der Waals surface area contributed by atoms with Gasteiger partial charge in [0.1, 0.15) is 19.4 Å². The molecule has 4 aliphatic carbocycles. The Balaban J connectivity index is 1.15. The number of fused-ring (bicyclic) bond motifs is 5. The normalized spacial score (nSPS) is 31.2. The Labute approximate surface area is 362 Å². The van der Waals surface area contributed by atoms with Crippen LogP contribution in [0.2, 0.25) is 0 Å². The number of carbonyl (C=O) groups excluding carboxylic acids is 9. The van der Waals surface area contributed by atoms with Crippen molar-refractivity contribution in [3.8, 4) is 0 Å². The number of aliphatic carboxylic acids is 1. The van der Waals surface area contributed by atoms with Gasteiger partial charge in [-0.15, -0.1) is 11.6 Å². The number of allylic oxidation sites excluding steroid dienone is 4. The molecule has 0 bridgehead atoms. The minimum absolute atomic E-state index is 0.0116. The summed E-state index contributed by atoms with van der Waals surface area (Å²) >= 11 is 7.56. The molecule has 0 aromatic rings. The van der Waals surface area contributed by atoms with Crippen molar-refractivity contribution in [3.63, 3.8) is 0 Å². The van der Waals surface area contributed by atoms with Crippen LogP contribution in [0.1, 0.15) is 79.1 Å². The van der Waals surface area contributed by atoms with Gasteiger partial charge in [-0.1, -0.05) is 39.3 Å². The third-order valence-electron chi connectivity index (χ3n) is 13.4. The molecule has 20 heteroatoms. The van der Waals surface area contributed by atoms with Gasteiger partial charge in [0, 0.05) is 54.7 Å². The van der Waals surface area contributed by atoms with Gasteiger partial charge in [0.15, 0.2) is 11.4 Å². The minimum Gasteiger partial charge on any atom is -0.481 e. The predicted molar refractivity (Wildman–Crippen MR) is 216 cm³/mol. The summed E-state index contributed by atoms with van der Waals surface area (Å²) in [5.74, 6) is -8.07. The molecule has 6 amide bonds. The third-order valence-corrected chi connectivity index (χ3v) is 14.3. The zero-order valence-electron chi connectivity index (χ0n) is 35.1. The molecule has 1 unspecified atom stereocenters. The first kappa shape index (κ1) is 47.8. The number of halogens is 1. The van der Waals surface area contributed by atoms with E-state index in [9.17, 15) is 53.1 Å². The van der Waals surface area contributed by atoms with Crippen LogP contribution in [0.5, 0.6) is 0 Å². The summed E-state index contributed by atoms with van der Waals surface area (Å²) in [7, 11) is 0. The maximum absolute atomic E-state index is 14.4. The second-order valence-electron chi connectivity index (χ2n) is 16.9. The Bertz CT molecular complexity index is 1980. The summed E-state index contributed by atoms with van der Waals surface area (Å²) in [4.78, 5) is 124. The fourth-order valence-corrected chi connectivity index (χ4v) is 10.8. The Hall–Kier alpha value is -5.27. The van der Waals surface area contributed by atoms with Gasteiger partial charge in [-0.25, -0.2) is 0 Å². The summed E-state index contributed by atoms with van der Waals surface area (Å²) in [6, 6.07) is -1.41. The highest BCUT2D eigenvalue weighted by atomic mass is 35.5. The van der Waals surface area contributed by atoms with Gasteiger partial charge in [0.05, 0.1) is 24.1 Å². The van der Waals surface area contributed by atoms with Gasteiger partial charge in [-0.05, 0) is 56.1 Å². The lowest BCUT2D eigenvalue weighted by atomic mass is 9.45. The largest absolute Gasteiger partial charge is 0.481 e. The van der Waals surface area contributed by atoms with Crippen molar-refractivity contribution in [2.24, 2.45) is 28.6 Å². The molecule has 1 aliphatic heterocycles. The first-order chi connectivity index (χ1) is 29.1. The molecule has 9 atom stereocenters. The standard InChI is InChI=1S/C42H54ClN5O14/c1-5-37(59)62-42(23(2)16-27-26-7-6-24-17-25(49)12-14-39(24,3)41(26,43)29(50)18-40(27,42)4)30(51)21-61-22-46-32(53)19-45-38(60)28(8-11-36(57)58)47-33(54)20-44-31(52)13-15-48-34(55)9-10-35(48)56/h9-10,12,14,17,23,26-29,50H,5-8,11,13,15-16,18-22H2,1-4H3,(H,44,52)(H,45,60)(H,46,53)(H,47,54)(H,57,58)/t23-,26-,27?,28-,29-,39-,40-,41-,42-/m0/s1. The van der Waals surface area contributed by atoms with Crippen molar-refractivity contribution >= 4 is 70.5 Å². The smallest absolute Gasteiger partial charge is 0.306 e. The number of rotatable bonds is 19. The highest BCUT2D eigenvalue weighted by molar-refractivity contribution is 6.26. The van der Waals surface area contributed by atoms with Crippen LogP contribution in [0.25, 0.3) is 0 Å². The summed E-state index contributed by atoms with van der Waals surface area (Å²) in [6.07, 6.45) is 6.14. The number of nitrogens with zero attached hydrogens (tertiary/aromatic N) is 1. The molecule has 3 saturated carbocycles. The van der Waals surface area contributed by atoms with Crippen molar-refractivity contribution < 1.29 is 67.6 Å².